The Balaban J connectivity index is 1.63. The maximum absolute atomic E-state index is 5.24. The molecule has 1 N–H and O–H groups in total. The fourth-order valence-electron chi connectivity index (χ4n) is 2.36. The average Bonchev–Trinajstić information content (AvgIpc) is 3.01. The highest BCUT2D eigenvalue weighted by molar-refractivity contribution is 5.41. The number of hydrogen-bond donors (Lipinski definition) is 1. The first kappa shape index (κ1) is 15.0. The monoisotopic (exact) mass is 309 g/mol. The van der Waals surface area contributed by atoms with Crippen molar-refractivity contribution >= 4 is 5.82 Å². The molecule has 0 bridgehead atoms. The number of ether oxygens (including phenoxy) is 1. The van der Waals surface area contributed by atoms with Gasteiger partial charge in [-0.2, -0.15) is 0 Å². The Morgan fingerprint density at radius 1 is 1.17 bits per heavy atom. The minimum absolute atomic E-state index is 0.784. The van der Waals surface area contributed by atoms with Gasteiger partial charge in [0.1, 0.15) is 29.5 Å². The summed E-state index contributed by atoms with van der Waals surface area (Å²) >= 11 is 0. The van der Waals surface area contributed by atoms with E-state index in [-0.39, 0.29) is 0 Å². The third-order valence-electron chi connectivity index (χ3n) is 3.58. The number of benzene rings is 1. The molecule has 0 fully saturated rings. The maximum Gasteiger partial charge on any atom is 0.143 e. The molecule has 0 aliphatic rings. The van der Waals surface area contributed by atoms with Crippen LogP contribution in [0.2, 0.25) is 0 Å². The van der Waals surface area contributed by atoms with Crippen LogP contribution in [0, 0.1) is 6.92 Å². The standard InChI is InChI=1S/C17H19N5O/c1-13-18-8-9-22(13)17-11-16(20-12-21-17)19-7-6-14-4-3-5-15(10-14)23-2/h3-5,8-12H,6-7H2,1-2H3,(H,19,20,21). The third kappa shape index (κ3) is 3.66. The van der Waals surface area contributed by atoms with Gasteiger partial charge in [-0.1, -0.05) is 12.1 Å². The SMILES string of the molecule is COc1cccc(CCNc2cc(-n3ccnc3C)ncn2)c1. The molecule has 23 heavy (non-hydrogen) atoms. The molecule has 0 aliphatic carbocycles. The summed E-state index contributed by atoms with van der Waals surface area (Å²) < 4.78 is 7.16. The highest BCUT2D eigenvalue weighted by Gasteiger charge is 2.04. The zero-order chi connectivity index (χ0) is 16.1. The number of nitrogens with one attached hydrogen (secondary N) is 1. The van der Waals surface area contributed by atoms with Gasteiger partial charge in [-0.05, 0) is 31.0 Å². The molecule has 3 aromatic rings. The van der Waals surface area contributed by atoms with E-state index < -0.39 is 0 Å². The van der Waals surface area contributed by atoms with Crippen molar-refractivity contribution in [3.05, 3.63) is 60.4 Å². The fourth-order valence-corrected chi connectivity index (χ4v) is 2.36. The molecular weight excluding hydrogens is 290 g/mol. The number of methoxy groups -OCH3 is 1. The van der Waals surface area contributed by atoms with Gasteiger partial charge >= 0.3 is 0 Å². The highest BCUT2D eigenvalue weighted by Crippen LogP contribution is 2.14. The molecule has 2 heterocycles. The molecule has 6 nitrogen and oxygen atoms in total. The zero-order valence-corrected chi connectivity index (χ0v) is 13.2. The molecule has 0 unspecified atom stereocenters. The lowest BCUT2D eigenvalue weighted by molar-refractivity contribution is 0.414. The second kappa shape index (κ2) is 6.91. The number of nitrogens with zero attached hydrogens (tertiary/aromatic N) is 4. The number of aromatic nitrogens is 4. The summed E-state index contributed by atoms with van der Waals surface area (Å²) in [6.45, 7) is 2.73. The molecule has 0 saturated heterocycles. The molecule has 6 heteroatoms. The van der Waals surface area contributed by atoms with Crippen molar-refractivity contribution in [1.82, 2.24) is 19.5 Å². The lowest BCUT2D eigenvalue weighted by Crippen LogP contribution is -2.08. The summed E-state index contributed by atoms with van der Waals surface area (Å²) in [5.41, 5.74) is 1.22. The summed E-state index contributed by atoms with van der Waals surface area (Å²) in [5.74, 6) is 3.37. The van der Waals surface area contributed by atoms with Crippen molar-refractivity contribution in [2.45, 2.75) is 13.3 Å². The van der Waals surface area contributed by atoms with Gasteiger partial charge in [0.05, 0.1) is 7.11 Å². The Labute approximate surface area is 135 Å². The second-order valence-corrected chi connectivity index (χ2v) is 5.13. The smallest absolute Gasteiger partial charge is 0.143 e. The van der Waals surface area contributed by atoms with E-state index in [1.165, 1.54) is 5.56 Å². The van der Waals surface area contributed by atoms with Gasteiger partial charge in [-0.15, -0.1) is 0 Å². The van der Waals surface area contributed by atoms with Gasteiger partial charge in [0.25, 0.3) is 0 Å². The minimum atomic E-state index is 0.784. The summed E-state index contributed by atoms with van der Waals surface area (Å²) in [4.78, 5) is 12.8. The number of rotatable bonds is 6. The summed E-state index contributed by atoms with van der Waals surface area (Å²) in [6.07, 6.45) is 6.09. The lowest BCUT2D eigenvalue weighted by atomic mass is 10.1. The fraction of sp³-hybridized carbons (Fsp3) is 0.235. The summed E-state index contributed by atoms with van der Waals surface area (Å²) in [6, 6.07) is 9.99. The van der Waals surface area contributed by atoms with E-state index in [1.807, 2.05) is 42.0 Å². The van der Waals surface area contributed by atoms with Gasteiger partial charge in [0, 0.05) is 25.0 Å². The summed E-state index contributed by atoms with van der Waals surface area (Å²) in [5, 5.41) is 3.33. The highest BCUT2D eigenvalue weighted by atomic mass is 16.5. The first-order valence-corrected chi connectivity index (χ1v) is 7.45. The van der Waals surface area contributed by atoms with Crippen molar-refractivity contribution in [1.29, 1.82) is 0 Å². The Morgan fingerprint density at radius 3 is 2.87 bits per heavy atom. The Hall–Kier alpha value is -2.89. The van der Waals surface area contributed by atoms with Gasteiger partial charge in [-0.25, -0.2) is 15.0 Å². The number of aryl methyl sites for hydroxylation is 1. The van der Waals surface area contributed by atoms with Crippen LogP contribution >= 0.6 is 0 Å². The Kier molecular flexibility index (Phi) is 4.52. The van der Waals surface area contributed by atoms with Crippen LogP contribution in [0.4, 0.5) is 5.82 Å². The van der Waals surface area contributed by atoms with E-state index in [2.05, 4.69) is 26.3 Å². The molecule has 0 radical (unpaired) electrons. The molecule has 3 rings (SSSR count). The van der Waals surface area contributed by atoms with E-state index in [4.69, 9.17) is 4.74 Å². The second-order valence-electron chi connectivity index (χ2n) is 5.13. The normalized spacial score (nSPS) is 10.5. The maximum atomic E-state index is 5.24. The van der Waals surface area contributed by atoms with Crippen LogP contribution in [-0.2, 0) is 6.42 Å². The first-order valence-electron chi connectivity index (χ1n) is 7.45. The van der Waals surface area contributed by atoms with Crippen LogP contribution in [0.1, 0.15) is 11.4 Å². The topological polar surface area (TPSA) is 64.9 Å². The number of anilines is 1. The molecule has 0 saturated carbocycles. The number of hydrogen-bond acceptors (Lipinski definition) is 5. The third-order valence-corrected chi connectivity index (χ3v) is 3.58. The largest absolute Gasteiger partial charge is 0.497 e. The molecular formula is C17H19N5O. The molecule has 2 aromatic heterocycles. The van der Waals surface area contributed by atoms with Crippen LogP contribution in [0.3, 0.4) is 0 Å². The van der Waals surface area contributed by atoms with E-state index in [0.717, 1.165) is 36.2 Å². The van der Waals surface area contributed by atoms with E-state index in [9.17, 15) is 0 Å². The minimum Gasteiger partial charge on any atom is -0.497 e. The predicted molar refractivity (Wildman–Crippen MR) is 89.1 cm³/mol. The molecule has 0 atom stereocenters. The Morgan fingerprint density at radius 2 is 2.09 bits per heavy atom. The van der Waals surface area contributed by atoms with E-state index >= 15 is 0 Å². The van der Waals surface area contributed by atoms with Gasteiger partial charge in [0.15, 0.2) is 0 Å². The van der Waals surface area contributed by atoms with Crippen molar-refractivity contribution in [2.75, 3.05) is 19.0 Å². The van der Waals surface area contributed by atoms with Crippen molar-refractivity contribution in [3.8, 4) is 11.6 Å². The lowest BCUT2D eigenvalue weighted by Gasteiger charge is -2.09. The number of imidazole rings is 1. The zero-order valence-electron chi connectivity index (χ0n) is 13.2. The van der Waals surface area contributed by atoms with Crippen LogP contribution in [0.5, 0.6) is 5.75 Å². The van der Waals surface area contributed by atoms with Gasteiger partial charge in [-0.3, -0.25) is 4.57 Å². The molecule has 0 spiro atoms. The molecule has 0 amide bonds. The van der Waals surface area contributed by atoms with Crippen LogP contribution < -0.4 is 10.1 Å². The van der Waals surface area contributed by atoms with Crippen LogP contribution in [-0.4, -0.2) is 33.2 Å². The van der Waals surface area contributed by atoms with E-state index in [1.54, 1.807) is 19.6 Å². The van der Waals surface area contributed by atoms with Gasteiger partial charge in [0.2, 0.25) is 0 Å². The molecule has 118 valence electrons. The summed E-state index contributed by atoms with van der Waals surface area (Å²) in [7, 11) is 1.68. The van der Waals surface area contributed by atoms with E-state index in [0.29, 0.717) is 0 Å². The molecule has 0 aliphatic heterocycles. The Bertz CT molecular complexity index is 784. The van der Waals surface area contributed by atoms with Crippen LogP contribution in [0.15, 0.2) is 49.1 Å². The predicted octanol–water partition coefficient (Wildman–Crippen LogP) is 2.63. The van der Waals surface area contributed by atoms with Crippen molar-refractivity contribution in [3.63, 3.8) is 0 Å². The first-order chi connectivity index (χ1) is 11.3. The van der Waals surface area contributed by atoms with Crippen molar-refractivity contribution in [2.24, 2.45) is 0 Å². The molecule has 1 aromatic carbocycles. The quantitative estimate of drug-likeness (QED) is 0.758. The average molecular weight is 309 g/mol. The van der Waals surface area contributed by atoms with Crippen LogP contribution in [0.25, 0.3) is 5.82 Å². The van der Waals surface area contributed by atoms with Gasteiger partial charge < -0.3 is 10.1 Å². The van der Waals surface area contributed by atoms with Crippen molar-refractivity contribution < 1.29 is 4.74 Å².